The molecule has 1 aliphatic rings. The first kappa shape index (κ1) is 31.4. The molecular formula is C26H48N2O7. The third-order valence-electron chi connectivity index (χ3n) is 6.11. The zero-order valence-corrected chi connectivity index (χ0v) is 23.4. The molecule has 1 unspecified atom stereocenters. The van der Waals surface area contributed by atoms with E-state index in [1.807, 2.05) is 13.8 Å². The predicted molar refractivity (Wildman–Crippen MR) is 135 cm³/mol. The molecule has 0 saturated carbocycles. The number of rotatable bonds is 11. The molecule has 9 nitrogen and oxygen atoms in total. The summed E-state index contributed by atoms with van der Waals surface area (Å²) in [6, 6.07) is -2.26. The molecule has 1 saturated heterocycles. The SMILES string of the molecule is C=C[C@@](CC)(OC)[C@H](N)[C@H]1[C@H](COC(C)OCC)C[C@H](C(=O)OC(C)(C)C)N1C(=O)OC(C)(C)C. The first-order valence-electron chi connectivity index (χ1n) is 12.5. The molecule has 0 aromatic carbocycles. The Morgan fingerprint density at radius 1 is 1.09 bits per heavy atom. The number of esters is 1. The molecule has 0 aliphatic carbocycles. The van der Waals surface area contributed by atoms with Crippen LogP contribution in [0.1, 0.15) is 75.2 Å². The van der Waals surface area contributed by atoms with E-state index in [-0.39, 0.29) is 12.5 Å². The van der Waals surface area contributed by atoms with Gasteiger partial charge in [0, 0.05) is 19.6 Å². The van der Waals surface area contributed by atoms with Gasteiger partial charge in [-0.3, -0.25) is 4.90 Å². The van der Waals surface area contributed by atoms with E-state index in [4.69, 9.17) is 29.4 Å². The Morgan fingerprint density at radius 2 is 1.66 bits per heavy atom. The van der Waals surface area contributed by atoms with Crippen LogP contribution in [-0.2, 0) is 28.5 Å². The van der Waals surface area contributed by atoms with E-state index in [0.717, 1.165) is 0 Å². The number of hydrogen-bond donors (Lipinski definition) is 1. The van der Waals surface area contributed by atoms with Crippen molar-refractivity contribution in [2.45, 2.75) is 116 Å². The van der Waals surface area contributed by atoms with E-state index in [9.17, 15) is 9.59 Å². The lowest BCUT2D eigenvalue weighted by molar-refractivity contribution is -0.161. The molecule has 0 aromatic heterocycles. The zero-order valence-electron chi connectivity index (χ0n) is 23.4. The number of ether oxygens (including phenoxy) is 5. The molecule has 204 valence electrons. The number of amides is 1. The molecular weight excluding hydrogens is 452 g/mol. The second-order valence-electron chi connectivity index (χ2n) is 11.0. The molecule has 1 aliphatic heterocycles. The lowest BCUT2D eigenvalue weighted by Crippen LogP contribution is -2.63. The molecule has 1 amide bonds. The summed E-state index contributed by atoms with van der Waals surface area (Å²) >= 11 is 0. The van der Waals surface area contributed by atoms with Gasteiger partial charge in [-0.25, -0.2) is 9.59 Å². The van der Waals surface area contributed by atoms with Crippen molar-refractivity contribution in [3.8, 4) is 0 Å². The van der Waals surface area contributed by atoms with E-state index < -0.39 is 53.3 Å². The first-order chi connectivity index (χ1) is 16.1. The summed E-state index contributed by atoms with van der Waals surface area (Å²) in [6.07, 6.45) is 1.38. The number of nitrogens with two attached hydrogens (primary N) is 1. The summed E-state index contributed by atoms with van der Waals surface area (Å²) < 4.78 is 28.7. The van der Waals surface area contributed by atoms with Crippen LogP contribution in [0, 0.1) is 5.92 Å². The molecule has 35 heavy (non-hydrogen) atoms. The molecule has 6 atom stereocenters. The molecule has 0 radical (unpaired) electrons. The maximum Gasteiger partial charge on any atom is 0.411 e. The average molecular weight is 501 g/mol. The Kier molecular flexibility index (Phi) is 11.2. The fourth-order valence-corrected chi connectivity index (χ4v) is 4.46. The maximum atomic E-state index is 13.5. The highest BCUT2D eigenvalue weighted by molar-refractivity contribution is 5.83. The van der Waals surface area contributed by atoms with Crippen molar-refractivity contribution in [3.63, 3.8) is 0 Å². The van der Waals surface area contributed by atoms with Crippen molar-refractivity contribution in [3.05, 3.63) is 12.7 Å². The first-order valence-corrected chi connectivity index (χ1v) is 12.5. The smallest absolute Gasteiger partial charge is 0.411 e. The van der Waals surface area contributed by atoms with Gasteiger partial charge in [0.1, 0.15) is 22.8 Å². The van der Waals surface area contributed by atoms with E-state index in [1.165, 1.54) is 4.90 Å². The highest BCUT2D eigenvalue weighted by atomic mass is 16.7. The van der Waals surface area contributed by atoms with Crippen molar-refractivity contribution < 1.29 is 33.3 Å². The normalized spacial score (nSPS) is 24.4. The van der Waals surface area contributed by atoms with Crippen LogP contribution in [-0.4, -0.2) is 78.5 Å². The highest BCUT2D eigenvalue weighted by Gasteiger charge is 2.55. The average Bonchev–Trinajstić information content (AvgIpc) is 3.11. The fourth-order valence-electron chi connectivity index (χ4n) is 4.46. The topological polar surface area (TPSA) is 110 Å². The van der Waals surface area contributed by atoms with Crippen LogP contribution >= 0.6 is 0 Å². The van der Waals surface area contributed by atoms with Gasteiger partial charge < -0.3 is 29.4 Å². The van der Waals surface area contributed by atoms with Gasteiger partial charge in [0.2, 0.25) is 0 Å². The lowest BCUT2D eigenvalue weighted by Gasteiger charge is -2.43. The maximum absolute atomic E-state index is 13.5. The van der Waals surface area contributed by atoms with Crippen molar-refractivity contribution in [1.82, 2.24) is 4.90 Å². The largest absolute Gasteiger partial charge is 0.458 e. The Bertz CT molecular complexity index is 709. The Hall–Kier alpha value is -1.68. The quantitative estimate of drug-likeness (QED) is 0.257. The number of carbonyl (C=O) groups excluding carboxylic acids is 2. The summed E-state index contributed by atoms with van der Waals surface area (Å²) in [4.78, 5) is 28.3. The minimum atomic E-state index is -0.933. The molecule has 0 spiro atoms. The van der Waals surface area contributed by atoms with Gasteiger partial charge in [0.15, 0.2) is 6.29 Å². The summed E-state index contributed by atoms with van der Waals surface area (Å²) in [5, 5.41) is 0. The van der Waals surface area contributed by atoms with Crippen LogP contribution in [0.15, 0.2) is 12.7 Å². The van der Waals surface area contributed by atoms with Gasteiger partial charge in [-0.1, -0.05) is 13.0 Å². The van der Waals surface area contributed by atoms with Crippen LogP contribution in [0.2, 0.25) is 0 Å². The van der Waals surface area contributed by atoms with Gasteiger partial charge in [-0.05, 0) is 68.2 Å². The third-order valence-corrected chi connectivity index (χ3v) is 6.11. The highest BCUT2D eigenvalue weighted by Crippen LogP contribution is 2.39. The van der Waals surface area contributed by atoms with E-state index in [0.29, 0.717) is 19.4 Å². The summed E-state index contributed by atoms with van der Waals surface area (Å²) in [6.45, 7) is 21.0. The number of likely N-dealkylation sites (tertiary alicyclic amines) is 1. The number of methoxy groups -OCH3 is 1. The minimum absolute atomic E-state index is 0.221. The van der Waals surface area contributed by atoms with E-state index in [1.54, 1.807) is 61.7 Å². The third kappa shape index (κ3) is 8.44. The van der Waals surface area contributed by atoms with Crippen molar-refractivity contribution >= 4 is 12.1 Å². The van der Waals surface area contributed by atoms with Gasteiger partial charge >= 0.3 is 12.1 Å². The van der Waals surface area contributed by atoms with Crippen LogP contribution in [0.4, 0.5) is 4.79 Å². The van der Waals surface area contributed by atoms with Crippen molar-refractivity contribution in [1.29, 1.82) is 0 Å². The Labute approximate surface area is 211 Å². The second-order valence-corrected chi connectivity index (χ2v) is 11.0. The van der Waals surface area contributed by atoms with Gasteiger partial charge in [0.05, 0.1) is 18.7 Å². The summed E-state index contributed by atoms with van der Waals surface area (Å²) in [7, 11) is 1.56. The number of carbonyl (C=O) groups is 2. The van der Waals surface area contributed by atoms with Crippen LogP contribution < -0.4 is 5.73 Å². The van der Waals surface area contributed by atoms with E-state index >= 15 is 0 Å². The molecule has 1 heterocycles. The second kappa shape index (κ2) is 12.5. The van der Waals surface area contributed by atoms with Gasteiger partial charge in [-0.15, -0.1) is 6.58 Å². The van der Waals surface area contributed by atoms with Crippen molar-refractivity contribution in [2.24, 2.45) is 11.7 Å². The zero-order chi connectivity index (χ0) is 27.2. The summed E-state index contributed by atoms with van der Waals surface area (Å²) in [5.74, 6) is -0.821. The Balaban J connectivity index is 3.55. The van der Waals surface area contributed by atoms with E-state index in [2.05, 4.69) is 6.58 Å². The molecule has 9 heteroatoms. The Morgan fingerprint density at radius 3 is 2.09 bits per heavy atom. The van der Waals surface area contributed by atoms with Crippen LogP contribution in [0.5, 0.6) is 0 Å². The molecule has 2 N–H and O–H groups in total. The van der Waals surface area contributed by atoms with Gasteiger partial charge in [-0.2, -0.15) is 0 Å². The fraction of sp³-hybridized carbons (Fsp3) is 0.846. The van der Waals surface area contributed by atoms with Gasteiger partial charge in [0.25, 0.3) is 0 Å². The molecule has 1 fully saturated rings. The van der Waals surface area contributed by atoms with Crippen LogP contribution in [0.25, 0.3) is 0 Å². The minimum Gasteiger partial charge on any atom is -0.458 e. The lowest BCUT2D eigenvalue weighted by atomic mass is 9.81. The molecule has 0 bridgehead atoms. The monoisotopic (exact) mass is 500 g/mol. The van der Waals surface area contributed by atoms with Crippen LogP contribution in [0.3, 0.4) is 0 Å². The summed E-state index contributed by atoms with van der Waals surface area (Å²) in [5.41, 5.74) is 4.41. The van der Waals surface area contributed by atoms with Crippen molar-refractivity contribution in [2.75, 3.05) is 20.3 Å². The molecule has 1 rings (SSSR count). The standard InChI is InChI=1S/C26H48N2O7/c1-12-26(13-2,31-11)21(27)20-18(16-33-17(4)32-14-3)15-19(22(29)34-24(5,6)7)28(20)23(30)35-25(8,9)10/h12,17-21H,1,13-16,27H2,2-11H3/t17?,18-,19+,20+,21+,26-/m0/s1. The predicted octanol–water partition coefficient (Wildman–Crippen LogP) is 4.03. The number of nitrogens with zero attached hydrogens (tertiary/aromatic N) is 1. The number of hydrogen-bond acceptors (Lipinski definition) is 8. The molecule has 0 aromatic rings.